The van der Waals surface area contributed by atoms with Gasteiger partial charge in [0.15, 0.2) is 0 Å². The van der Waals surface area contributed by atoms with E-state index in [0.29, 0.717) is 16.8 Å². The highest BCUT2D eigenvalue weighted by atomic mass is 16.4. The van der Waals surface area contributed by atoms with Crippen LogP contribution < -0.4 is 21.9 Å². The van der Waals surface area contributed by atoms with Crippen molar-refractivity contribution >= 4 is 23.6 Å². The van der Waals surface area contributed by atoms with Crippen LogP contribution in [0.4, 0.5) is 0 Å². The smallest absolute Gasteiger partial charge is 0.304 e. The van der Waals surface area contributed by atoms with Crippen LogP contribution in [-0.4, -0.2) is 51.1 Å². The molecule has 2 aromatic rings. The van der Waals surface area contributed by atoms with Crippen molar-refractivity contribution in [3.05, 3.63) is 51.8 Å². The van der Waals surface area contributed by atoms with Crippen molar-refractivity contribution in [2.75, 3.05) is 6.54 Å². The number of rotatable bonds is 7. The van der Waals surface area contributed by atoms with Crippen LogP contribution in [0.5, 0.6) is 0 Å². The third-order valence-electron chi connectivity index (χ3n) is 5.02. The predicted molar refractivity (Wildman–Crippen MR) is 111 cm³/mol. The molecule has 1 aliphatic heterocycles. The number of amides is 2. The van der Waals surface area contributed by atoms with Gasteiger partial charge >= 0.3 is 5.97 Å². The Labute approximate surface area is 176 Å². The first-order chi connectivity index (χ1) is 14.7. The largest absolute Gasteiger partial charge is 0.481 e. The lowest BCUT2D eigenvalue weighted by atomic mass is 10.0. The maximum Gasteiger partial charge on any atom is 0.304 e. The van der Waals surface area contributed by atoms with E-state index in [-0.39, 0.29) is 36.7 Å². The molecule has 1 aromatic carbocycles. The van der Waals surface area contributed by atoms with Gasteiger partial charge in [0, 0.05) is 30.8 Å². The Morgan fingerprint density at radius 3 is 2.61 bits per heavy atom. The maximum atomic E-state index is 12.6. The molecule has 0 aliphatic carbocycles. The van der Waals surface area contributed by atoms with Gasteiger partial charge in [-0.3, -0.25) is 24.6 Å². The topological polar surface area (TPSA) is 180 Å². The van der Waals surface area contributed by atoms with E-state index >= 15 is 0 Å². The number of carbonyl (C=O) groups excluding carboxylic acids is 2. The first kappa shape index (κ1) is 21.7. The lowest BCUT2D eigenvalue weighted by Crippen LogP contribution is -2.40. The SMILES string of the molecule is Cn1nc(-c2ccc(C(=N)N)cc2)cc(C(=O)NC[C@@H]2C[C@@H](CC(=O)O)C(=O)N2)c1=O. The van der Waals surface area contributed by atoms with Gasteiger partial charge in [0.25, 0.3) is 11.5 Å². The number of nitrogens with one attached hydrogen (secondary N) is 3. The minimum absolute atomic E-state index is 0.0643. The molecule has 1 saturated heterocycles. The number of amidine groups is 1. The number of aryl methyl sites for hydroxylation is 1. The molecule has 1 aliphatic rings. The van der Waals surface area contributed by atoms with Crippen LogP contribution in [0.3, 0.4) is 0 Å². The molecule has 6 N–H and O–H groups in total. The number of carboxylic acids is 1. The Bertz CT molecular complexity index is 1110. The molecule has 0 unspecified atom stereocenters. The van der Waals surface area contributed by atoms with E-state index in [1.165, 1.54) is 13.1 Å². The molecule has 0 saturated carbocycles. The number of hydrogen-bond donors (Lipinski definition) is 5. The molecule has 2 heterocycles. The molecule has 2 amide bonds. The summed E-state index contributed by atoms with van der Waals surface area (Å²) in [6, 6.07) is 7.61. The van der Waals surface area contributed by atoms with Gasteiger partial charge in [-0.25, -0.2) is 4.68 Å². The molecule has 1 aromatic heterocycles. The van der Waals surface area contributed by atoms with Gasteiger partial charge < -0.3 is 21.5 Å². The number of nitrogen functional groups attached to an aromatic ring is 1. The molecule has 3 rings (SSSR count). The summed E-state index contributed by atoms with van der Waals surface area (Å²) in [6.45, 7) is 0.0643. The van der Waals surface area contributed by atoms with E-state index < -0.39 is 29.4 Å². The third-order valence-corrected chi connectivity index (χ3v) is 5.02. The monoisotopic (exact) mass is 426 g/mol. The summed E-state index contributed by atoms with van der Waals surface area (Å²) < 4.78 is 1.06. The van der Waals surface area contributed by atoms with Gasteiger partial charge in [-0.1, -0.05) is 24.3 Å². The van der Waals surface area contributed by atoms with Crippen LogP contribution in [0, 0.1) is 11.3 Å². The van der Waals surface area contributed by atoms with Crippen LogP contribution in [0.1, 0.15) is 28.8 Å². The van der Waals surface area contributed by atoms with Crippen molar-refractivity contribution in [1.82, 2.24) is 20.4 Å². The van der Waals surface area contributed by atoms with Crippen molar-refractivity contribution in [3.63, 3.8) is 0 Å². The molecule has 1 fully saturated rings. The zero-order valence-corrected chi connectivity index (χ0v) is 16.7. The van der Waals surface area contributed by atoms with Crippen LogP contribution in [0.15, 0.2) is 35.1 Å². The van der Waals surface area contributed by atoms with E-state index in [1.54, 1.807) is 24.3 Å². The van der Waals surface area contributed by atoms with Gasteiger partial charge in [0.1, 0.15) is 11.4 Å². The highest BCUT2D eigenvalue weighted by Gasteiger charge is 2.33. The van der Waals surface area contributed by atoms with Crippen molar-refractivity contribution in [1.29, 1.82) is 5.41 Å². The molecule has 2 atom stereocenters. The molecule has 0 radical (unpaired) electrons. The minimum Gasteiger partial charge on any atom is -0.481 e. The average molecular weight is 426 g/mol. The Kier molecular flexibility index (Phi) is 6.14. The summed E-state index contributed by atoms with van der Waals surface area (Å²) in [4.78, 5) is 47.7. The lowest BCUT2D eigenvalue weighted by molar-refractivity contribution is -0.140. The lowest BCUT2D eigenvalue weighted by Gasteiger charge is -2.12. The summed E-state index contributed by atoms with van der Waals surface area (Å²) in [5.41, 5.74) is 6.31. The second-order valence-corrected chi connectivity index (χ2v) is 7.31. The third kappa shape index (κ3) is 4.94. The highest BCUT2D eigenvalue weighted by Crippen LogP contribution is 2.19. The Morgan fingerprint density at radius 1 is 1.32 bits per heavy atom. The van der Waals surface area contributed by atoms with Gasteiger partial charge in [-0.2, -0.15) is 5.10 Å². The van der Waals surface area contributed by atoms with E-state index in [0.717, 1.165) is 4.68 Å². The summed E-state index contributed by atoms with van der Waals surface area (Å²) in [5, 5.41) is 25.7. The van der Waals surface area contributed by atoms with Crippen LogP contribution in [0.2, 0.25) is 0 Å². The number of nitrogens with zero attached hydrogens (tertiary/aromatic N) is 2. The molecular weight excluding hydrogens is 404 g/mol. The van der Waals surface area contributed by atoms with Gasteiger partial charge in [-0.05, 0) is 12.5 Å². The van der Waals surface area contributed by atoms with Crippen molar-refractivity contribution < 1.29 is 19.5 Å². The summed E-state index contributed by atoms with van der Waals surface area (Å²) in [7, 11) is 1.43. The van der Waals surface area contributed by atoms with Crippen LogP contribution in [-0.2, 0) is 16.6 Å². The Balaban J connectivity index is 1.74. The van der Waals surface area contributed by atoms with Crippen LogP contribution in [0.25, 0.3) is 11.3 Å². The second kappa shape index (κ2) is 8.78. The summed E-state index contributed by atoms with van der Waals surface area (Å²) in [5.74, 6) is -2.77. The van der Waals surface area contributed by atoms with Gasteiger partial charge in [0.05, 0.1) is 18.0 Å². The van der Waals surface area contributed by atoms with Crippen molar-refractivity contribution in [2.45, 2.75) is 18.9 Å². The maximum absolute atomic E-state index is 12.6. The summed E-state index contributed by atoms with van der Waals surface area (Å²) in [6.07, 6.45) is 0.0144. The zero-order chi connectivity index (χ0) is 22.7. The van der Waals surface area contributed by atoms with Gasteiger partial charge in [-0.15, -0.1) is 0 Å². The molecule has 31 heavy (non-hydrogen) atoms. The molecule has 0 bridgehead atoms. The fourth-order valence-corrected chi connectivity index (χ4v) is 3.39. The number of carbonyl (C=O) groups is 3. The number of aliphatic carboxylic acids is 1. The second-order valence-electron chi connectivity index (χ2n) is 7.31. The minimum atomic E-state index is -1.06. The number of nitrogens with two attached hydrogens (primary N) is 1. The molecule has 0 spiro atoms. The van der Waals surface area contributed by atoms with Crippen molar-refractivity contribution in [2.24, 2.45) is 18.7 Å². The van der Waals surface area contributed by atoms with E-state index in [4.69, 9.17) is 16.2 Å². The van der Waals surface area contributed by atoms with Crippen molar-refractivity contribution in [3.8, 4) is 11.3 Å². The zero-order valence-electron chi connectivity index (χ0n) is 16.7. The molecule has 162 valence electrons. The Hall–Kier alpha value is -4.02. The number of carboxylic acid groups (broad SMARTS) is 1. The van der Waals surface area contributed by atoms with E-state index in [1.807, 2.05) is 0 Å². The number of benzene rings is 1. The predicted octanol–water partition coefficient (Wildman–Crippen LogP) is -0.559. The first-order valence-corrected chi connectivity index (χ1v) is 9.49. The Morgan fingerprint density at radius 2 is 2.00 bits per heavy atom. The number of hydrogen-bond acceptors (Lipinski definition) is 6. The first-order valence-electron chi connectivity index (χ1n) is 9.49. The average Bonchev–Trinajstić information content (AvgIpc) is 3.06. The van der Waals surface area contributed by atoms with Gasteiger partial charge in [0.2, 0.25) is 5.91 Å². The highest BCUT2D eigenvalue weighted by molar-refractivity contribution is 5.96. The molecule has 11 nitrogen and oxygen atoms in total. The molecular formula is C20H22N6O5. The number of aromatic nitrogens is 2. The fraction of sp³-hybridized carbons (Fsp3) is 0.300. The van der Waals surface area contributed by atoms with Crippen LogP contribution >= 0.6 is 0 Å². The molecule has 11 heteroatoms. The van der Waals surface area contributed by atoms with E-state index in [9.17, 15) is 19.2 Å². The quantitative estimate of drug-likeness (QED) is 0.290. The normalized spacial score (nSPS) is 17.8. The standard InChI is InChI=1S/C20H22N6O5/c1-26-20(31)14(8-15(25-26)10-2-4-11(5-3-10)17(21)22)19(30)23-9-13-6-12(7-16(27)28)18(29)24-13/h2-5,8,12-13H,6-7,9H2,1H3,(H3,21,22)(H,23,30)(H,24,29)(H,27,28)/t12-,13-/m0/s1. The summed E-state index contributed by atoms with van der Waals surface area (Å²) >= 11 is 0. The fourth-order valence-electron chi connectivity index (χ4n) is 3.39. The van der Waals surface area contributed by atoms with E-state index in [2.05, 4.69) is 15.7 Å².